The number of aromatic nitrogens is 3. The Hall–Kier alpha value is -2.07. The summed E-state index contributed by atoms with van der Waals surface area (Å²) in [5.74, 6) is 0.776. The molecule has 2 aromatic heterocycles. The van der Waals surface area contributed by atoms with Crippen molar-refractivity contribution < 1.29 is 4.74 Å². The highest BCUT2D eigenvalue weighted by Gasteiger charge is 2.06. The van der Waals surface area contributed by atoms with Crippen molar-refractivity contribution in [3.05, 3.63) is 53.7 Å². The van der Waals surface area contributed by atoms with Crippen LogP contribution in [-0.2, 0) is 6.54 Å². The monoisotopic (exact) mass is 273 g/mol. The number of hydrogen-bond acceptors (Lipinski definition) is 3. The van der Waals surface area contributed by atoms with Gasteiger partial charge in [0.05, 0.1) is 25.5 Å². The Morgan fingerprint density at radius 1 is 1.32 bits per heavy atom. The van der Waals surface area contributed by atoms with Gasteiger partial charge in [0.25, 0.3) is 0 Å². The van der Waals surface area contributed by atoms with Crippen molar-refractivity contribution in [2.75, 3.05) is 7.11 Å². The van der Waals surface area contributed by atoms with Gasteiger partial charge in [0, 0.05) is 29.4 Å². The van der Waals surface area contributed by atoms with Crippen LogP contribution in [0.5, 0.6) is 5.75 Å². The Kier molecular flexibility index (Phi) is 3.09. The number of hydrogen-bond donors (Lipinski definition) is 0. The van der Waals surface area contributed by atoms with E-state index >= 15 is 0 Å². The second-order valence-corrected chi connectivity index (χ2v) is 4.59. The summed E-state index contributed by atoms with van der Waals surface area (Å²) in [5, 5.41) is 1.55. The number of methoxy groups -OCH3 is 1. The van der Waals surface area contributed by atoms with Crippen LogP contribution in [0.15, 0.2) is 43.0 Å². The molecule has 0 aliphatic heterocycles. The van der Waals surface area contributed by atoms with Crippen LogP contribution in [0, 0.1) is 0 Å². The zero-order valence-electron chi connectivity index (χ0n) is 10.4. The zero-order valence-corrected chi connectivity index (χ0v) is 11.1. The number of pyridine rings is 1. The third-order valence-electron chi connectivity index (χ3n) is 2.96. The molecule has 0 N–H and O–H groups in total. The van der Waals surface area contributed by atoms with Crippen molar-refractivity contribution in [3.8, 4) is 5.75 Å². The summed E-state index contributed by atoms with van der Waals surface area (Å²) in [4.78, 5) is 8.43. The number of imidazole rings is 1. The fourth-order valence-corrected chi connectivity index (χ4v) is 2.19. The molecular weight excluding hydrogens is 262 g/mol. The van der Waals surface area contributed by atoms with Gasteiger partial charge < -0.3 is 9.30 Å². The minimum atomic E-state index is 0.509. The smallest absolute Gasteiger partial charge is 0.134 e. The van der Waals surface area contributed by atoms with E-state index in [0.717, 1.165) is 22.2 Å². The molecule has 0 radical (unpaired) electrons. The number of rotatable bonds is 3. The van der Waals surface area contributed by atoms with Gasteiger partial charge in [-0.3, -0.25) is 0 Å². The average molecular weight is 274 g/mol. The second-order valence-electron chi connectivity index (χ2n) is 4.23. The lowest BCUT2D eigenvalue weighted by Gasteiger charge is -2.08. The predicted octanol–water partition coefficient (Wildman–Crippen LogP) is 3.14. The molecule has 19 heavy (non-hydrogen) atoms. The summed E-state index contributed by atoms with van der Waals surface area (Å²) in [7, 11) is 1.64. The first-order chi connectivity index (χ1) is 9.26. The van der Waals surface area contributed by atoms with Gasteiger partial charge in [-0.15, -0.1) is 0 Å². The third-order valence-corrected chi connectivity index (χ3v) is 3.29. The Bertz CT molecular complexity index is 710. The molecule has 5 heteroatoms. The van der Waals surface area contributed by atoms with Crippen LogP contribution < -0.4 is 4.74 Å². The Balaban J connectivity index is 2.04. The second kappa shape index (κ2) is 4.90. The highest BCUT2D eigenvalue weighted by molar-refractivity contribution is 6.30. The topological polar surface area (TPSA) is 39.9 Å². The van der Waals surface area contributed by atoms with Crippen molar-refractivity contribution >= 4 is 22.5 Å². The first kappa shape index (κ1) is 12.0. The highest BCUT2D eigenvalue weighted by atomic mass is 35.5. The summed E-state index contributed by atoms with van der Waals surface area (Å²) in [6, 6.07) is 7.82. The number of fused-ring (bicyclic) bond motifs is 1. The predicted molar refractivity (Wildman–Crippen MR) is 74.6 cm³/mol. The standard InChI is InChI=1S/C14H12ClN3O/c1-19-12-3-2-10-6-11(8-18-5-4-16-9-18)14(15)17-13(10)7-12/h2-7,9H,8H2,1H3. The minimum Gasteiger partial charge on any atom is -0.497 e. The van der Waals surface area contributed by atoms with Gasteiger partial charge in [0.2, 0.25) is 0 Å². The quantitative estimate of drug-likeness (QED) is 0.688. The average Bonchev–Trinajstić information content (AvgIpc) is 2.92. The molecule has 96 valence electrons. The van der Waals surface area contributed by atoms with Crippen LogP contribution in [0.4, 0.5) is 0 Å². The number of ether oxygens (including phenoxy) is 1. The molecule has 2 heterocycles. The molecule has 0 atom stereocenters. The van der Waals surface area contributed by atoms with Crippen LogP contribution in [0.3, 0.4) is 0 Å². The number of nitrogens with zero attached hydrogens (tertiary/aromatic N) is 3. The summed E-state index contributed by atoms with van der Waals surface area (Å²) >= 11 is 6.23. The molecule has 0 spiro atoms. The molecule has 3 aromatic rings. The lowest BCUT2D eigenvalue weighted by atomic mass is 10.1. The van der Waals surface area contributed by atoms with Gasteiger partial charge >= 0.3 is 0 Å². The van der Waals surface area contributed by atoms with E-state index in [-0.39, 0.29) is 0 Å². The van der Waals surface area contributed by atoms with E-state index in [1.54, 1.807) is 19.6 Å². The maximum Gasteiger partial charge on any atom is 0.134 e. The Labute approximate surface area is 115 Å². The van der Waals surface area contributed by atoms with Crippen molar-refractivity contribution in [1.82, 2.24) is 14.5 Å². The summed E-state index contributed by atoms with van der Waals surface area (Å²) < 4.78 is 7.14. The third kappa shape index (κ3) is 2.39. The first-order valence-electron chi connectivity index (χ1n) is 5.85. The number of halogens is 1. The molecule has 0 bridgehead atoms. The van der Waals surface area contributed by atoms with E-state index < -0.39 is 0 Å². The van der Waals surface area contributed by atoms with Crippen molar-refractivity contribution in [2.24, 2.45) is 0 Å². The van der Waals surface area contributed by atoms with Crippen molar-refractivity contribution in [1.29, 1.82) is 0 Å². The van der Waals surface area contributed by atoms with E-state index in [9.17, 15) is 0 Å². The molecule has 0 fully saturated rings. The number of benzene rings is 1. The van der Waals surface area contributed by atoms with Gasteiger partial charge in [0.1, 0.15) is 10.9 Å². The molecule has 0 saturated carbocycles. The highest BCUT2D eigenvalue weighted by Crippen LogP contribution is 2.24. The normalized spacial score (nSPS) is 10.8. The Morgan fingerprint density at radius 3 is 2.95 bits per heavy atom. The molecule has 0 aliphatic rings. The fraction of sp³-hybridized carbons (Fsp3) is 0.143. The lowest BCUT2D eigenvalue weighted by Crippen LogP contribution is -1.99. The zero-order chi connectivity index (χ0) is 13.2. The molecule has 0 unspecified atom stereocenters. The van der Waals surface area contributed by atoms with Crippen LogP contribution in [0.1, 0.15) is 5.56 Å². The summed E-state index contributed by atoms with van der Waals surface area (Å²) in [5.41, 5.74) is 1.80. The van der Waals surface area contributed by atoms with Gasteiger partial charge in [-0.1, -0.05) is 11.6 Å². The van der Waals surface area contributed by atoms with E-state index in [2.05, 4.69) is 9.97 Å². The minimum absolute atomic E-state index is 0.509. The van der Waals surface area contributed by atoms with E-state index in [0.29, 0.717) is 11.7 Å². The SMILES string of the molecule is COc1ccc2cc(Cn3ccnc3)c(Cl)nc2c1. The Morgan fingerprint density at radius 2 is 2.21 bits per heavy atom. The molecule has 0 aliphatic carbocycles. The molecule has 4 nitrogen and oxygen atoms in total. The summed E-state index contributed by atoms with van der Waals surface area (Å²) in [6.07, 6.45) is 5.40. The van der Waals surface area contributed by atoms with Gasteiger partial charge in [0.15, 0.2) is 0 Å². The molecule has 3 rings (SSSR count). The van der Waals surface area contributed by atoms with Crippen LogP contribution in [0.25, 0.3) is 10.9 Å². The molecule has 0 amide bonds. The summed E-state index contributed by atoms with van der Waals surface area (Å²) in [6.45, 7) is 0.661. The van der Waals surface area contributed by atoms with Crippen molar-refractivity contribution in [3.63, 3.8) is 0 Å². The van der Waals surface area contributed by atoms with E-state index in [1.807, 2.05) is 35.0 Å². The largest absolute Gasteiger partial charge is 0.497 e. The van der Waals surface area contributed by atoms with Crippen LogP contribution >= 0.6 is 11.6 Å². The maximum absolute atomic E-state index is 6.23. The molecule has 1 aromatic carbocycles. The van der Waals surface area contributed by atoms with Gasteiger partial charge in [-0.25, -0.2) is 9.97 Å². The maximum atomic E-state index is 6.23. The molecular formula is C14H12ClN3O. The van der Waals surface area contributed by atoms with E-state index in [1.165, 1.54) is 0 Å². The van der Waals surface area contributed by atoms with Gasteiger partial charge in [-0.05, 0) is 18.2 Å². The first-order valence-corrected chi connectivity index (χ1v) is 6.23. The van der Waals surface area contributed by atoms with Crippen LogP contribution in [0.2, 0.25) is 5.15 Å². The lowest BCUT2D eigenvalue weighted by molar-refractivity contribution is 0.415. The fourth-order valence-electron chi connectivity index (χ4n) is 1.98. The van der Waals surface area contributed by atoms with Crippen LogP contribution in [-0.4, -0.2) is 21.6 Å². The molecule has 0 saturated heterocycles. The van der Waals surface area contributed by atoms with E-state index in [4.69, 9.17) is 16.3 Å². The van der Waals surface area contributed by atoms with Crippen molar-refractivity contribution in [2.45, 2.75) is 6.54 Å². The van der Waals surface area contributed by atoms with Gasteiger partial charge in [-0.2, -0.15) is 0 Å².